The number of benzene rings is 3. The number of ketones is 4. The first kappa shape index (κ1) is 93.8. The van der Waals surface area contributed by atoms with Crippen molar-refractivity contribution in [1.29, 1.82) is 0 Å². The molecule has 4 aromatic rings. The standard InChI is InChI=1S/C80H108N14O23/c1-7-8-9-10-11-12-13-28-66(101)90-57(32-48-38-84-54-25-18-15-21-49(48)54)77(113)91-56(37-65(83)100)63(98)33-47(34-70(106)107)75(111)93-71-46(6)117-80(115)58(36-61(96)50-22-14-17-24-53(50)82)92-76(112)52(42(2)31-69(104)105)35-64(99)59-41-116-79(51-23-16-19-27-60(51)95)94(59)68(103)40-86-73(109)44(4)88-74(110)45(5)87-72(108)43(3)30-62(97)55(26-20-29-81)89-67(102)39-85-78(71)114/h14-19,21-25,27,38,42-47,52,55-59,71,79,84,95H,7-13,20,26,28-37,39-41,81-82H2,1-6H3,(H2,83,100)(H,85,114)(H,86,109)(H,87,108)(H,88,110)(H,89,102)(H,90,101)(H,91,113)(H,92,112)(H,93,111)(H,104,105)(H,106,107)/t42-,43-,44+,45-,46-,47+,52+,55+,56-,57+,58+,59+,71+,79?/m1/s1. The summed E-state index contributed by atoms with van der Waals surface area (Å²) >= 11 is 0. The fraction of sp³-hybridized carbons (Fsp3) is 0.525. The number of fused-ring (bicyclic) bond motifs is 2. The number of nitrogen functional groups attached to an aromatic ring is 1. The van der Waals surface area contributed by atoms with E-state index < -0.39 is 261 Å². The molecule has 11 amide bonds. The first-order chi connectivity index (χ1) is 55.5. The molecule has 37 heteroatoms. The van der Waals surface area contributed by atoms with Gasteiger partial charge in [-0.2, -0.15) is 0 Å². The number of nitrogens with two attached hydrogens (primary N) is 3. The highest BCUT2D eigenvalue weighted by molar-refractivity contribution is 6.05. The number of hydrogen-bond acceptors (Lipinski definition) is 23. The quantitative estimate of drug-likeness (QED) is 0.0140. The molecule has 2 aliphatic heterocycles. The number of amides is 11. The molecule has 0 bridgehead atoms. The van der Waals surface area contributed by atoms with Gasteiger partial charge in [0, 0.05) is 90.7 Å². The van der Waals surface area contributed by atoms with Crippen molar-refractivity contribution in [3.63, 3.8) is 0 Å². The summed E-state index contributed by atoms with van der Waals surface area (Å²) < 4.78 is 11.8. The van der Waals surface area contributed by atoms with E-state index in [1.807, 2.05) is 0 Å². The number of carbonyl (C=O) groups is 18. The minimum Gasteiger partial charge on any atom is -0.507 e. The molecule has 3 aromatic carbocycles. The van der Waals surface area contributed by atoms with Gasteiger partial charge in [0.1, 0.15) is 48.1 Å². The summed E-state index contributed by atoms with van der Waals surface area (Å²) in [5.41, 5.74) is 18.5. The van der Waals surface area contributed by atoms with Gasteiger partial charge in [-0.3, -0.25) is 86.4 Å². The number of primary amides is 1. The number of H-pyrrole nitrogens is 1. The molecule has 0 radical (unpaired) electrons. The normalized spacial score (nSPS) is 22.4. The molecule has 0 aliphatic carbocycles. The van der Waals surface area contributed by atoms with Gasteiger partial charge in [0.2, 0.25) is 65.0 Å². The van der Waals surface area contributed by atoms with E-state index in [9.17, 15) is 92.0 Å². The first-order valence-corrected chi connectivity index (χ1v) is 39.0. The number of anilines is 1. The molecule has 0 saturated carbocycles. The smallest absolute Gasteiger partial charge is 0.329 e. The number of hydrogen-bond donors (Lipinski definition) is 16. The van der Waals surface area contributed by atoms with E-state index in [4.69, 9.17) is 26.7 Å². The number of nitrogens with zero attached hydrogens (tertiary/aromatic N) is 1. The van der Waals surface area contributed by atoms with E-state index in [0.717, 1.165) is 50.3 Å². The van der Waals surface area contributed by atoms with Crippen LogP contribution in [0, 0.1) is 23.7 Å². The Hall–Kier alpha value is -12.0. The lowest BCUT2D eigenvalue weighted by atomic mass is 9.84. The van der Waals surface area contributed by atoms with Crippen LogP contribution in [0.2, 0.25) is 0 Å². The molecule has 2 fully saturated rings. The average molecular weight is 1630 g/mol. The number of ether oxygens (including phenoxy) is 2. The molecular formula is C80H108N14O23. The molecule has 14 atom stereocenters. The molecule has 2 aliphatic rings. The van der Waals surface area contributed by atoms with Crippen LogP contribution in [0.4, 0.5) is 5.69 Å². The van der Waals surface area contributed by atoms with Crippen LogP contribution in [-0.4, -0.2) is 212 Å². The maximum absolute atomic E-state index is 15.1. The van der Waals surface area contributed by atoms with Crippen LogP contribution >= 0.6 is 0 Å². The SMILES string of the molecule is CCCCCCCCCC(=O)N[C@@H](Cc1c[nH]c2ccccc12)C(=O)N[C@H](CC(N)=O)C(=O)C[C@@H](CC(=O)O)C(=O)N[C@@H]1C(=O)NCC(=O)N[C@@H](CCCN)C(=O)C[C@@H](C)C(=O)N[C@H](C)C(=O)N[C@@H](C)C(=O)NCC(=O)N2C(c3ccccc3O)OC[C@H]2C(=O)C[C@@H]([C@H](C)CC(=O)O)C(=O)N[C@@H](CC(=O)c2ccccc2N)C(=O)O[C@@H]1C. The Labute approximate surface area is 675 Å². The van der Waals surface area contributed by atoms with E-state index in [1.165, 1.54) is 76.2 Å². The summed E-state index contributed by atoms with van der Waals surface area (Å²) in [6.07, 6.45) is -2.78. The second kappa shape index (κ2) is 45.9. The molecule has 0 spiro atoms. The van der Waals surface area contributed by atoms with Crippen molar-refractivity contribution in [1.82, 2.24) is 57.7 Å². The summed E-state index contributed by atoms with van der Waals surface area (Å²) in [4.78, 5) is 257. The van der Waals surface area contributed by atoms with Crippen molar-refractivity contribution in [3.8, 4) is 5.75 Å². The van der Waals surface area contributed by atoms with Crippen molar-refractivity contribution < 1.29 is 111 Å². The van der Waals surface area contributed by atoms with Gasteiger partial charge in [0.05, 0.1) is 50.5 Å². The lowest BCUT2D eigenvalue weighted by molar-refractivity contribution is -0.156. The number of aromatic hydroxyl groups is 1. The predicted octanol–water partition coefficient (Wildman–Crippen LogP) is 0.895. The van der Waals surface area contributed by atoms with Crippen LogP contribution in [0.3, 0.4) is 0 Å². The number of carboxylic acids is 2. The summed E-state index contributed by atoms with van der Waals surface area (Å²) in [5, 5.41) is 53.9. The zero-order chi connectivity index (χ0) is 86.3. The lowest BCUT2D eigenvalue weighted by Gasteiger charge is -2.30. The molecule has 1 aromatic heterocycles. The Morgan fingerprint density at radius 2 is 1.29 bits per heavy atom. The lowest BCUT2D eigenvalue weighted by Crippen LogP contribution is -2.57. The van der Waals surface area contributed by atoms with E-state index in [1.54, 1.807) is 30.5 Å². The predicted molar refractivity (Wildman–Crippen MR) is 419 cm³/mol. The van der Waals surface area contributed by atoms with Gasteiger partial charge in [0.15, 0.2) is 29.4 Å². The number of aliphatic carboxylic acids is 2. The molecule has 636 valence electrons. The van der Waals surface area contributed by atoms with Crippen LogP contribution in [-0.2, 0) is 97.4 Å². The average Bonchev–Trinajstić information content (AvgIpc) is 1.66. The molecule has 37 nitrogen and oxygen atoms in total. The minimum absolute atomic E-state index is 0.0121. The summed E-state index contributed by atoms with van der Waals surface area (Å²) in [6.45, 7) is 5.52. The zero-order valence-electron chi connectivity index (χ0n) is 66.3. The topological polar surface area (TPSA) is 592 Å². The number of cyclic esters (lactones) is 1. The molecule has 19 N–H and O–H groups in total. The fourth-order valence-electron chi connectivity index (χ4n) is 13.6. The summed E-state index contributed by atoms with van der Waals surface area (Å²) in [7, 11) is 0. The van der Waals surface area contributed by atoms with E-state index in [0.29, 0.717) is 22.9 Å². The minimum atomic E-state index is -2.31. The van der Waals surface area contributed by atoms with Crippen molar-refractivity contribution in [3.05, 3.63) is 95.7 Å². The zero-order valence-corrected chi connectivity index (χ0v) is 66.3. The number of nitrogens with one attached hydrogen (secondary N) is 10. The largest absolute Gasteiger partial charge is 0.507 e. The number of aromatic amines is 1. The van der Waals surface area contributed by atoms with E-state index in [2.05, 4.69) is 59.8 Å². The highest BCUT2D eigenvalue weighted by Gasteiger charge is 2.46. The first-order valence-electron chi connectivity index (χ1n) is 39.0. The number of carboxylic acid groups (broad SMARTS) is 2. The number of unbranched alkanes of at least 4 members (excludes halogenated alkanes) is 6. The maximum atomic E-state index is 15.1. The third-order valence-corrected chi connectivity index (χ3v) is 20.2. The van der Waals surface area contributed by atoms with Crippen LogP contribution in [0.25, 0.3) is 10.9 Å². The van der Waals surface area contributed by atoms with Gasteiger partial charge in [-0.15, -0.1) is 0 Å². The van der Waals surface area contributed by atoms with E-state index >= 15 is 9.59 Å². The van der Waals surface area contributed by atoms with Crippen molar-refractivity contribution in [2.75, 3.05) is 32.0 Å². The molecule has 3 heterocycles. The van der Waals surface area contributed by atoms with Gasteiger partial charge >= 0.3 is 17.9 Å². The Kier molecular flexibility index (Phi) is 36.8. The third-order valence-electron chi connectivity index (χ3n) is 20.2. The monoisotopic (exact) mass is 1630 g/mol. The fourth-order valence-corrected chi connectivity index (χ4v) is 13.6. The van der Waals surface area contributed by atoms with Crippen molar-refractivity contribution >= 4 is 123 Å². The van der Waals surface area contributed by atoms with Gasteiger partial charge in [-0.05, 0) is 82.3 Å². The second-order valence-corrected chi connectivity index (χ2v) is 29.6. The van der Waals surface area contributed by atoms with Crippen molar-refractivity contribution in [2.24, 2.45) is 35.1 Å². The number of phenolic OH excluding ortho intramolecular Hbond substituents is 1. The molecular weight excluding hydrogens is 1520 g/mol. The number of esters is 1. The number of carbonyl (C=O) groups excluding carboxylic acids is 16. The van der Waals surface area contributed by atoms with Crippen molar-refractivity contribution in [2.45, 2.75) is 218 Å². The Balaban J connectivity index is 1.41. The Morgan fingerprint density at radius 3 is 1.97 bits per heavy atom. The molecule has 6 rings (SSSR count). The Morgan fingerprint density at radius 1 is 0.650 bits per heavy atom. The van der Waals surface area contributed by atoms with Gasteiger partial charge < -0.3 is 94.8 Å². The molecule has 2 saturated heterocycles. The number of phenols is 1. The van der Waals surface area contributed by atoms with Gasteiger partial charge in [-0.1, -0.05) is 108 Å². The van der Waals surface area contributed by atoms with Gasteiger partial charge in [-0.25, -0.2) is 4.79 Å². The second-order valence-electron chi connectivity index (χ2n) is 29.6. The van der Waals surface area contributed by atoms with Crippen LogP contribution in [0.5, 0.6) is 5.75 Å². The summed E-state index contributed by atoms with van der Waals surface area (Å²) in [6, 6.07) is 4.29. The number of Topliss-reactive ketones (excluding diaryl/α,β-unsaturated/α-hetero) is 4. The van der Waals surface area contributed by atoms with Crippen LogP contribution in [0.15, 0.2) is 79.0 Å². The third kappa shape index (κ3) is 28.7. The number of rotatable bonds is 32. The highest BCUT2D eigenvalue weighted by atomic mass is 16.5. The number of para-hydroxylation sites is 3. The molecule has 117 heavy (non-hydrogen) atoms. The highest BCUT2D eigenvalue weighted by Crippen LogP contribution is 2.37. The van der Waals surface area contributed by atoms with Gasteiger partial charge in [0.25, 0.3) is 0 Å². The van der Waals surface area contributed by atoms with Crippen LogP contribution < -0.4 is 65.1 Å². The molecule has 1 unspecified atom stereocenters. The Bertz CT molecular complexity index is 4280. The van der Waals surface area contributed by atoms with Crippen LogP contribution in [0.1, 0.15) is 178 Å². The van der Waals surface area contributed by atoms with E-state index in [-0.39, 0.29) is 49.0 Å². The number of aromatic nitrogens is 1. The maximum Gasteiger partial charge on any atom is 0.329 e. The summed E-state index contributed by atoms with van der Waals surface area (Å²) in [5.74, 6) is -27.2.